The Kier molecular flexibility index (Phi) is 6.67. The molecule has 4 rings (SSSR count). The van der Waals surface area contributed by atoms with E-state index in [0.717, 1.165) is 0 Å². The number of anilines is 1. The van der Waals surface area contributed by atoms with Gasteiger partial charge in [-0.2, -0.15) is 4.31 Å². The van der Waals surface area contributed by atoms with Crippen molar-refractivity contribution in [3.63, 3.8) is 0 Å². The number of benzene rings is 2. The van der Waals surface area contributed by atoms with Crippen LogP contribution in [-0.4, -0.2) is 75.4 Å². The summed E-state index contributed by atoms with van der Waals surface area (Å²) in [5, 5.41) is 2.72. The molecule has 1 saturated heterocycles. The van der Waals surface area contributed by atoms with E-state index in [-0.39, 0.29) is 49.5 Å². The standard InChI is InChI=1S/C23H27N3O7S/c1-15-12-19-20(33-16(2)23(28)24-19)13-21(15)34(29,30)26-10-8-25(9-11-26)22(27)14-32-18-6-4-17(31-3)5-7-18/h4-7,12-13,16H,8-11,14H2,1-3H3,(H,24,28). The summed E-state index contributed by atoms with van der Waals surface area (Å²) in [6, 6.07) is 9.97. The van der Waals surface area contributed by atoms with Crippen LogP contribution in [0.5, 0.6) is 17.2 Å². The molecule has 10 nitrogen and oxygen atoms in total. The topological polar surface area (TPSA) is 114 Å². The lowest BCUT2D eigenvalue weighted by Crippen LogP contribution is -2.51. The van der Waals surface area contributed by atoms with E-state index >= 15 is 0 Å². The number of hydrogen-bond acceptors (Lipinski definition) is 7. The molecule has 2 amide bonds. The van der Waals surface area contributed by atoms with Crippen molar-refractivity contribution in [1.29, 1.82) is 0 Å². The van der Waals surface area contributed by atoms with E-state index in [0.29, 0.717) is 28.5 Å². The van der Waals surface area contributed by atoms with Crippen LogP contribution in [0.15, 0.2) is 41.3 Å². The second-order valence-corrected chi connectivity index (χ2v) is 10.0. The molecule has 2 aliphatic rings. The Morgan fingerprint density at radius 3 is 2.41 bits per heavy atom. The third-order valence-corrected chi connectivity index (χ3v) is 7.88. The number of nitrogens with one attached hydrogen (secondary N) is 1. The molecule has 1 N–H and O–H groups in total. The zero-order valence-corrected chi connectivity index (χ0v) is 20.1. The maximum Gasteiger partial charge on any atom is 0.265 e. The normalized spacial score (nSPS) is 18.5. The summed E-state index contributed by atoms with van der Waals surface area (Å²) in [5.41, 5.74) is 0.954. The molecule has 182 valence electrons. The van der Waals surface area contributed by atoms with Gasteiger partial charge in [-0.3, -0.25) is 9.59 Å². The van der Waals surface area contributed by atoms with Crippen molar-refractivity contribution in [2.75, 3.05) is 45.2 Å². The molecule has 1 atom stereocenters. The molecule has 2 heterocycles. The number of amides is 2. The third-order valence-electron chi connectivity index (χ3n) is 5.84. The van der Waals surface area contributed by atoms with Crippen LogP contribution in [0.25, 0.3) is 0 Å². The van der Waals surface area contributed by atoms with Crippen LogP contribution >= 0.6 is 0 Å². The second kappa shape index (κ2) is 9.51. The number of sulfonamides is 1. The minimum absolute atomic E-state index is 0.122. The van der Waals surface area contributed by atoms with Crippen molar-refractivity contribution in [3.8, 4) is 17.2 Å². The number of aryl methyl sites for hydroxylation is 1. The summed E-state index contributed by atoms with van der Waals surface area (Å²) >= 11 is 0. The van der Waals surface area contributed by atoms with Gasteiger partial charge in [-0.25, -0.2) is 8.42 Å². The second-order valence-electron chi connectivity index (χ2n) is 8.11. The highest BCUT2D eigenvalue weighted by Gasteiger charge is 2.33. The van der Waals surface area contributed by atoms with E-state index < -0.39 is 16.1 Å². The molecule has 2 aromatic rings. The summed E-state index contributed by atoms with van der Waals surface area (Å²) in [6.45, 7) is 4.00. The molecule has 1 fully saturated rings. The Balaban J connectivity index is 1.38. The molecular weight excluding hydrogens is 462 g/mol. The number of carbonyl (C=O) groups excluding carboxylic acids is 2. The Morgan fingerprint density at radius 2 is 1.76 bits per heavy atom. The number of rotatable bonds is 6. The summed E-state index contributed by atoms with van der Waals surface area (Å²) in [5.74, 6) is 1.07. The van der Waals surface area contributed by atoms with E-state index in [1.54, 1.807) is 56.2 Å². The lowest BCUT2D eigenvalue weighted by atomic mass is 10.1. The molecule has 2 aromatic carbocycles. The van der Waals surface area contributed by atoms with Gasteiger partial charge >= 0.3 is 0 Å². The molecular formula is C23H27N3O7S. The van der Waals surface area contributed by atoms with Crippen LogP contribution in [0, 0.1) is 6.92 Å². The van der Waals surface area contributed by atoms with Gasteiger partial charge in [0.15, 0.2) is 12.7 Å². The summed E-state index contributed by atoms with van der Waals surface area (Å²) < 4.78 is 44.2. The van der Waals surface area contributed by atoms with Crippen molar-refractivity contribution in [3.05, 3.63) is 42.0 Å². The summed E-state index contributed by atoms with van der Waals surface area (Å²) in [6.07, 6.45) is -0.708. The number of carbonyl (C=O) groups is 2. The molecule has 0 radical (unpaired) electrons. The van der Waals surface area contributed by atoms with Crippen LogP contribution in [0.3, 0.4) is 0 Å². The van der Waals surface area contributed by atoms with Crippen molar-refractivity contribution in [2.24, 2.45) is 0 Å². The zero-order chi connectivity index (χ0) is 24.5. The van der Waals surface area contributed by atoms with Crippen molar-refractivity contribution in [2.45, 2.75) is 24.8 Å². The van der Waals surface area contributed by atoms with E-state index in [4.69, 9.17) is 14.2 Å². The van der Waals surface area contributed by atoms with Crippen molar-refractivity contribution >= 4 is 27.5 Å². The van der Waals surface area contributed by atoms with Crippen LogP contribution in [0.1, 0.15) is 12.5 Å². The number of piperazine rings is 1. The van der Waals surface area contributed by atoms with Gasteiger partial charge in [0.2, 0.25) is 10.0 Å². The first kappa shape index (κ1) is 23.8. The van der Waals surface area contributed by atoms with Gasteiger partial charge in [-0.05, 0) is 49.7 Å². The molecule has 0 spiro atoms. The monoisotopic (exact) mass is 489 g/mol. The first-order chi connectivity index (χ1) is 16.2. The quantitative estimate of drug-likeness (QED) is 0.656. The van der Waals surface area contributed by atoms with Gasteiger partial charge in [0, 0.05) is 32.2 Å². The molecule has 11 heteroatoms. The van der Waals surface area contributed by atoms with Crippen molar-refractivity contribution < 1.29 is 32.2 Å². The molecule has 34 heavy (non-hydrogen) atoms. The number of hydrogen-bond donors (Lipinski definition) is 1. The van der Waals surface area contributed by atoms with Gasteiger partial charge in [-0.15, -0.1) is 0 Å². The van der Waals surface area contributed by atoms with Gasteiger partial charge in [0.1, 0.15) is 17.2 Å². The fourth-order valence-corrected chi connectivity index (χ4v) is 5.49. The third kappa shape index (κ3) is 4.80. The van der Waals surface area contributed by atoms with Gasteiger partial charge < -0.3 is 24.4 Å². The SMILES string of the molecule is COc1ccc(OCC(=O)N2CCN(S(=O)(=O)c3cc4c(cc3C)NC(=O)C(C)O4)CC2)cc1. The van der Waals surface area contributed by atoms with Gasteiger partial charge in [0.05, 0.1) is 17.7 Å². The fraction of sp³-hybridized carbons (Fsp3) is 0.391. The maximum atomic E-state index is 13.3. The molecule has 0 bridgehead atoms. The number of ether oxygens (including phenoxy) is 3. The minimum Gasteiger partial charge on any atom is -0.497 e. The highest BCUT2D eigenvalue weighted by molar-refractivity contribution is 7.89. The Bertz CT molecular complexity index is 1190. The van der Waals surface area contributed by atoms with Crippen LogP contribution < -0.4 is 19.5 Å². The fourth-order valence-electron chi connectivity index (χ4n) is 3.85. The first-order valence-corrected chi connectivity index (χ1v) is 12.3. The number of nitrogens with zero attached hydrogens (tertiary/aromatic N) is 2. The lowest BCUT2D eigenvalue weighted by molar-refractivity contribution is -0.134. The smallest absolute Gasteiger partial charge is 0.265 e. The summed E-state index contributed by atoms with van der Waals surface area (Å²) in [7, 11) is -2.24. The average molecular weight is 490 g/mol. The lowest BCUT2D eigenvalue weighted by Gasteiger charge is -2.34. The van der Waals surface area contributed by atoms with E-state index in [1.807, 2.05) is 0 Å². The summed E-state index contributed by atoms with van der Waals surface area (Å²) in [4.78, 5) is 26.1. The molecule has 2 aliphatic heterocycles. The van der Waals surface area contributed by atoms with Crippen LogP contribution in [-0.2, 0) is 19.6 Å². The van der Waals surface area contributed by atoms with Crippen LogP contribution in [0.4, 0.5) is 5.69 Å². The zero-order valence-electron chi connectivity index (χ0n) is 19.2. The Labute approximate surface area is 198 Å². The average Bonchev–Trinajstić information content (AvgIpc) is 2.83. The van der Waals surface area contributed by atoms with E-state index in [2.05, 4.69) is 5.32 Å². The van der Waals surface area contributed by atoms with Gasteiger partial charge in [0.25, 0.3) is 11.8 Å². The molecule has 0 saturated carbocycles. The Hall–Kier alpha value is -3.31. The van der Waals surface area contributed by atoms with Crippen LogP contribution in [0.2, 0.25) is 0 Å². The van der Waals surface area contributed by atoms with E-state index in [9.17, 15) is 18.0 Å². The van der Waals surface area contributed by atoms with Crippen molar-refractivity contribution in [1.82, 2.24) is 9.21 Å². The molecule has 0 aliphatic carbocycles. The largest absolute Gasteiger partial charge is 0.497 e. The Morgan fingerprint density at radius 1 is 1.12 bits per heavy atom. The minimum atomic E-state index is -3.81. The maximum absolute atomic E-state index is 13.3. The highest BCUT2D eigenvalue weighted by atomic mass is 32.2. The predicted octanol–water partition coefficient (Wildman–Crippen LogP) is 1.63. The molecule has 1 unspecified atom stereocenters. The predicted molar refractivity (Wildman–Crippen MR) is 124 cm³/mol. The first-order valence-electron chi connectivity index (χ1n) is 10.9. The molecule has 0 aromatic heterocycles. The van der Waals surface area contributed by atoms with Gasteiger partial charge in [-0.1, -0.05) is 0 Å². The number of fused-ring (bicyclic) bond motifs is 1. The number of methoxy groups -OCH3 is 1. The van der Waals surface area contributed by atoms with E-state index in [1.165, 1.54) is 10.4 Å². The highest BCUT2D eigenvalue weighted by Crippen LogP contribution is 2.35.